The van der Waals surface area contributed by atoms with Crippen molar-refractivity contribution < 1.29 is 47.8 Å². The third kappa shape index (κ3) is 13.5. The summed E-state index contributed by atoms with van der Waals surface area (Å²) in [6.45, 7) is 6.24. The molecule has 1 saturated heterocycles. The molecular formula is C20H44O10SSi. The lowest BCUT2D eigenvalue weighted by atomic mass is 9.91. The van der Waals surface area contributed by atoms with Gasteiger partial charge in [0.1, 0.15) is 24.4 Å². The topological polar surface area (TPSA) is 185 Å². The van der Waals surface area contributed by atoms with E-state index in [0.29, 0.717) is 0 Å². The van der Waals surface area contributed by atoms with Crippen LogP contribution in [0, 0.1) is 0 Å². The van der Waals surface area contributed by atoms with Crippen LogP contribution in [0.25, 0.3) is 0 Å². The first-order chi connectivity index (χ1) is 14.7. The van der Waals surface area contributed by atoms with Gasteiger partial charge in [-0.25, -0.2) is 0 Å². The zero-order valence-electron chi connectivity index (χ0n) is 19.6. The minimum Gasteiger partial charge on any atom is -0.394 e. The summed E-state index contributed by atoms with van der Waals surface area (Å²) in [5.41, 5.74) is 0. The van der Waals surface area contributed by atoms with Crippen LogP contribution in [0.5, 0.6) is 0 Å². The van der Waals surface area contributed by atoms with E-state index in [9.17, 15) is 25.5 Å². The first-order valence-corrected chi connectivity index (χ1v) is 16.2. The van der Waals surface area contributed by atoms with E-state index in [2.05, 4.69) is 20.0 Å². The highest BCUT2D eigenvalue weighted by Gasteiger charge is 2.52. The normalized spacial score (nSPS) is 28.8. The maximum absolute atomic E-state index is 10.7. The van der Waals surface area contributed by atoms with Crippen LogP contribution in [0.3, 0.4) is 0 Å². The van der Waals surface area contributed by atoms with Crippen LogP contribution >= 0.6 is 0 Å². The quantitative estimate of drug-likeness (QED) is 0.111. The maximum atomic E-state index is 10.7. The molecule has 7 N–H and O–H groups in total. The Bertz CT molecular complexity index is 593. The van der Waals surface area contributed by atoms with Crippen molar-refractivity contribution in [2.45, 2.75) is 120 Å². The summed E-state index contributed by atoms with van der Waals surface area (Å²) in [4.78, 5) is 0. The fourth-order valence-corrected chi connectivity index (χ4v) is 6.30. The number of hydrogen-bond donors (Lipinski definition) is 7. The average Bonchev–Trinajstić information content (AvgIpc) is 2.69. The van der Waals surface area contributed by atoms with E-state index in [4.69, 9.17) is 22.3 Å². The third-order valence-electron chi connectivity index (χ3n) is 5.92. The molecule has 0 saturated carbocycles. The second-order valence-electron chi connectivity index (χ2n) is 9.45. The van der Waals surface area contributed by atoms with E-state index < -0.39 is 55.3 Å². The molecule has 1 aliphatic rings. The van der Waals surface area contributed by atoms with Gasteiger partial charge in [-0.05, 0) is 0 Å². The molecule has 194 valence electrons. The lowest BCUT2D eigenvalue weighted by Gasteiger charge is -2.46. The van der Waals surface area contributed by atoms with E-state index in [0.717, 1.165) is 12.1 Å². The first kappa shape index (κ1) is 31.8. The van der Waals surface area contributed by atoms with Crippen LogP contribution in [0.4, 0.5) is 0 Å². The van der Waals surface area contributed by atoms with Crippen LogP contribution in [0.15, 0.2) is 0 Å². The van der Waals surface area contributed by atoms with Crippen LogP contribution in [0.1, 0.15) is 64.7 Å². The summed E-state index contributed by atoms with van der Waals surface area (Å²) < 4.78 is 37.0. The molecule has 0 aliphatic carbocycles. The van der Waals surface area contributed by atoms with E-state index in [1.165, 1.54) is 51.4 Å². The highest BCUT2D eigenvalue weighted by atomic mass is 32.3. The number of hydrogen-bond acceptors (Lipinski definition) is 8. The molecule has 1 rings (SSSR count). The largest absolute Gasteiger partial charge is 0.394 e. The molecule has 12 heteroatoms. The van der Waals surface area contributed by atoms with Crippen molar-refractivity contribution >= 4 is 18.5 Å². The van der Waals surface area contributed by atoms with Crippen molar-refractivity contribution in [3.63, 3.8) is 0 Å². The number of rotatable bonds is 13. The SMILES string of the molecule is CCCCCCCCCC[Si](C)(C)CC[C@@]1(O)O[C@H](CO)[C@@H](O)[C@H](O)[C@H]1O.O=S(=O)(O)O. The van der Waals surface area contributed by atoms with Crippen molar-refractivity contribution in [2.75, 3.05) is 6.61 Å². The first-order valence-electron chi connectivity index (χ1n) is 11.4. The van der Waals surface area contributed by atoms with Gasteiger partial charge >= 0.3 is 10.4 Å². The van der Waals surface area contributed by atoms with Crippen molar-refractivity contribution in [3.8, 4) is 0 Å². The lowest BCUT2D eigenvalue weighted by Crippen LogP contribution is -2.65. The van der Waals surface area contributed by atoms with Gasteiger partial charge in [-0.1, -0.05) is 83.5 Å². The maximum Gasteiger partial charge on any atom is 0.394 e. The van der Waals surface area contributed by atoms with Gasteiger partial charge in [0, 0.05) is 14.5 Å². The summed E-state index contributed by atoms with van der Waals surface area (Å²) in [7, 11) is -6.24. The molecule has 5 atom stereocenters. The number of ether oxygens (including phenoxy) is 1. The fraction of sp³-hybridized carbons (Fsp3) is 1.00. The average molecular weight is 505 g/mol. The zero-order chi connectivity index (χ0) is 25.0. The monoisotopic (exact) mass is 504 g/mol. The summed E-state index contributed by atoms with van der Waals surface area (Å²) in [6, 6.07) is 1.90. The van der Waals surface area contributed by atoms with Gasteiger partial charge < -0.3 is 30.3 Å². The summed E-state index contributed by atoms with van der Waals surface area (Å²) >= 11 is 0. The molecule has 0 aromatic carbocycles. The molecule has 0 spiro atoms. The van der Waals surface area contributed by atoms with E-state index in [1.807, 2.05) is 0 Å². The highest BCUT2D eigenvalue weighted by Crippen LogP contribution is 2.34. The third-order valence-corrected chi connectivity index (χ3v) is 9.23. The van der Waals surface area contributed by atoms with E-state index >= 15 is 0 Å². The Kier molecular flexibility index (Phi) is 14.9. The van der Waals surface area contributed by atoms with Gasteiger partial charge in [-0.15, -0.1) is 0 Å². The molecule has 0 amide bonds. The molecule has 32 heavy (non-hydrogen) atoms. The minimum absolute atomic E-state index is 0.199. The molecule has 1 aliphatic heterocycles. The number of aliphatic hydroxyl groups excluding tert-OH is 4. The molecule has 0 bridgehead atoms. The Balaban J connectivity index is 0.00000172. The predicted octanol–water partition coefficient (Wildman–Crippen LogP) is 1.74. The van der Waals surface area contributed by atoms with Gasteiger partial charge in [-0.2, -0.15) is 8.42 Å². The van der Waals surface area contributed by atoms with E-state index in [1.54, 1.807) is 0 Å². The fourth-order valence-electron chi connectivity index (χ4n) is 3.81. The van der Waals surface area contributed by atoms with Gasteiger partial charge in [0.15, 0.2) is 5.79 Å². The van der Waals surface area contributed by atoms with Crippen LogP contribution in [-0.4, -0.2) is 87.9 Å². The van der Waals surface area contributed by atoms with E-state index in [-0.39, 0.29) is 6.42 Å². The highest BCUT2D eigenvalue weighted by molar-refractivity contribution is 7.79. The van der Waals surface area contributed by atoms with Crippen LogP contribution in [0.2, 0.25) is 25.2 Å². The molecular weight excluding hydrogens is 460 g/mol. The summed E-state index contributed by atoms with van der Waals surface area (Å²) in [5, 5.41) is 49.9. The minimum atomic E-state index is -4.67. The number of unbranched alkanes of at least 4 members (excludes halogenated alkanes) is 7. The van der Waals surface area contributed by atoms with Crippen LogP contribution < -0.4 is 0 Å². The second kappa shape index (κ2) is 15.0. The lowest BCUT2D eigenvalue weighted by molar-refractivity contribution is -0.349. The molecule has 0 aromatic heterocycles. The molecule has 1 heterocycles. The van der Waals surface area contributed by atoms with Crippen molar-refractivity contribution in [2.24, 2.45) is 0 Å². The Morgan fingerprint density at radius 1 is 0.875 bits per heavy atom. The van der Waals surface area contributed by atoms with Gasteiger partial charge in [-0.3, -0.25) is 9.11 Å². The Hall–Kier alpha value is -0.153. The van der Waals surface area contributed by atoms with Crippen molar-refractivity contribution in [3.05, 3.63) is 0 Å². The molecule has 10 nitrogen and oxygen atoms in total. The smallest absolute Gasteiger partial charge is 0.394 e. The van der Waals surface area contributed by atoms with Gasteiger partial charge in [0.2, 0.25) is 0 Å². The zero-order valence-corrected chi connectivity index (χ0v) is 21.4. The molecule has 0 unspecified atom stereocenters. The Morgan fingerprint density at radius 3 is 1.81 bits per heavy atom. The van der Waals surface area contributed by atoms with Crippen LogP contribution in [-0.2, 0) is 15.1 Å². The Labute approximate surface area is 193 Å². The molecule has 0 radical (unpaired) electrons. The summed E-state index contributed by atoms with van der Waals surface area (Å²) in [5.74, 6) is -1.92. The standard InChI is InChI=1S/C20H42O6Si.H2O4S/c1-4-5-6-7-8-9-10-11-13-27(2,3)14-12-20(25)19(24)18(23)17(22)16(15-21)26-20;1-5(2,3)4/h16-19,21-25H,4-15H2,1-3H3;(H2,1,2,3,4)/t16-,17-,18+,19-,20-;/m1./s1. The second-order valence-corrected chi connectivity index (χ2v) is 15.7. The van der Waals surface area contributed by atoms with Crippen molar-refractivity contribution in [1.82, 2.24) is 0 Å². The van der Waals surface area contributed by atoms with Gasteiger partial charge in [0.05, 0.1) is 6.61 Å². The Morgan fingerprint density at radius 2 is 1.34 bits per heavy atom. The van der Waals surface area contributed by atoms with Crippen molar-refractivity contribution in [1.29, 1.82) is 0 Å². The number of aliphatic hydroxyl groups is 5. The van der Waals surface area contributed by atoms with Gasteiger partial charge in [0.25, 0.3) is 0 Å². The molecule has 1 fully saturated rings. The summed E-state index contributed by atoms with van der Waals surface area (Å²) in [6.07, 6.45) is 4.89. The molecule has 0 aromatic rings. The predicted molar refractivity (Wildman–Crippen MR) is 123 cm³/mol.